The Morgan fingerprint density at radius 2 is 2.23 bits per heavy atom. The second-order valence-corrected chi connectivity index (χ2v) is 6.19. The maximum Gasteiger partial charge on any atom is 0.248 e. The molecule has 0 aliphatic carbocycles. The smallest absolute Gasteiger partial charge is 0.248 e. The van der Waals surface area contributed by atoms with E-state index in [0.717, 1.165) is 22.4 Å². The fourth-order valence-electron chi connectivity index (χ4n) is 2.87. The molecule has 1 heterocycles. The second-order valence-electron chi connectivity index (χ2n) is 5.78. The van der Waals surface area contributed by atoms with Gasteiger partial charge in [0, 0.05) is 16.6 Å². The molecule has 1 atom stereocenters. The van der Waals surface area contributed by atoms with Crippen LogP contribution in [-0.4, -0.2) is 37.1 Å². The summed E-state index contributed by atoms with van der Waals surface area (Å²) in [4.78, 5) is 13.8. The second kappa shape index (κ2) is 6.88. The van der Waals surface area contributed by atoms with E-state index >= 15 is 0 Å². The molecule has 0 saturated carbocycles. The predicted octanol–water partition coefficient (Wildman–Crippen LogP) is 3.34. The summed E-state index contributed by atoms with van der Waals surface area (Å²) in [5, 5.41) is 0.672. The van der Waals surface area contributed by atoms with Crippen LogP contribution in [0.25, 0.3) is 0 Å². The van der Waals surface area contributed by atoms with Gasteiger partial charge >= 0.3 is 0 Å². The maximum absolute atomic E-state index is 12.0. The van der Waals surface area contributed by atoms with Gasteiger partial charge in [0.1, 0.15) is 18.5 Å². The van der Waals surface area contributed by atoms with Gasteiger partial charge in [-0.15, -0.1) is 0 Å². The zero-order chi connectivity index (χ0) is 16.4. The SMILES string of the molecule is [CH2]Cc1cc(Cl)c(C)c(C2CN(C(C)C)C(=O)CO2)c1OC. The fourth-order valence-corrected chi connectivity index (χ4v) is 3.11. The number of halogens is 1. The number of hydrogen-bond acceptors (Lipinski definition) is 3. The lowest BCUT2D eigenvalue weighted by Gasteiger charge is -2.37. The van der Waals surface area contributed by atoms with Crippen LogP contribution < -0.4 is 4.74 Å². The first-order valence-electron chi connectivity index (χ1n) is 7.46. The van der Waals surface area contributed by atoms with E-state index in [4.69, 9.17) is 21.1 Å². The summed E-state index contributed by atoms with van der Waals surface area (Å²) in [5.74, 6) is 0.780. The first-order valence-corrected chi connectivity index (χ1v) is 7.84. The summed E-state index contributed by atoms with van der Waals surface area (Å²) in [7, 11) is 1.64. The van der Waals surface area contributed by atoms with Crippen molar-refractivity contribution in [2.45, 2.75) is 39.3 Å². The molecule has 2 rings (SSSR count). The number of ether oxygens (including phenoxy) is 2. The Morgan fingerprint density at radius 1 is 1.55 bits per heavy atom. The van der Waals surface area contributed by atoms with Crippen LogP contribution in [0, 0.1) is 13.8 Å². The van der Waals surface area contributed by atoms with Gasteiger partial charge in [-0.1, -0.05) is 11.6 Å². The molecular weight excluding hydrogens is 302 g/mol. The highest BCUT2D eigenvalue weighted by Gasteiger charge is 2.32. The van der Waals surface area contributed by atoms with Crippen molar-refractivity contribution in [2.75, 3.05) is 20.3 Å². The molecule has 1 aromatic carbocycles. The van der Waals surface area contributed by atoms with Crippen molar-refractivity contribution in [1.29, 1.82) is 0 Å². The molecule has 1 radical (unpaired) electrons. The summed E-state index contributed by atoms with van der Waals surface area (Å²) in [6, 6.07) is 2.03. The predicted molar refractivity (Wildman–Crippen MR) is 87.3 cm³/mol. The molecule has 0 aromatic heterocycles. The molecule has 1 fully saturated rings. The van der Waals surface area contributed by atoms with Gasteiger partial charge in [0.2, 0.25) is 5.91 Å². The lowest BCUT2D eigenvalue weighted by atomic mass is 9.95. The van der Waals surface area contributed by atoms with Gasteiger partial charge in [-0.25, -0.2) is 0 Å². The minimum Gasteiger partial charge on any atom is -0.496 e. The van der Waals surface area contributed by atoms with E-state index in [9.17, 15) is 4.79 Å². The molecule has 0 spiro atoms. The summed E-state index contributed by atoms with van der Waals surface area (Å²) < 4.78 is 11.4. The molecule has 0 N–H and O–H groups in total. The first kappa shape index (κ1) is 17.1. The van der Waals surface area contributed by atoms with Crippen LogP contribution in [0.15, 0.2) is 6.07 Å². The summed E-state index contributed by atoms with van der Waals surface area (Å²) in [6.45, 7) is 10.5. The zero-order valence-corrected chi connectivity index (χ0v) is 14.4. The maximum atomic E-state index is 12.0. The zero-order valence-electron chi connectivity index (χ0n) is 13.6. The van der Waals surface area contributed by atoms with Crippen LogP contribution in [-0.2, 0) is 16.0 Å². The van der Waals surface area contributed by atoms with Crippen LogP contribution in [0.5, 0.6) is 5.75 Å². The van der Waals surface area contributed by atoms with Gasteiger partial charge in [0.05, 0.1) is 13.7 Å². The number of methoxy groups -OCH3 is 1. The highest BCUT2D eigenvalue weighted by molar-refractivity contribution is 6.31. The normalized spacial score (nSPS) is 19.0. The lowest BCUT2D eigenvalue weighted by molar-refractivity contribution is -0.151. The van der Waals surface area contributed by atoms with Crippen LogP contribution in [0.1, 0.15) is 36.6 Å². The molecule has 4 nitrogen and oxygen atoms in total. The topological polar surface area (TPSA) is 38.8 Å². The third-order valence-electron chi connectivity index (χ3n) is 4.11. The van der Waals surface area contributed by atoms with E-state index in [1.807, 2.05) is 31.7 Å². The van der Waals surface area contributed by atoms with E-state index in [0.29, 0.717) is 18.0 Å². The summed E-state index contributed by atoms with van der Waals surface area (Å²) >= 11 is 6.35. The molecule has 1 unspecified atom stereocenters. The van der Waals surface area contributed by atoms with E-state index in [2.05, 4.69) is 6.92 Å². The molecule has 1 aromatic rings. The molecule has 1 aliphatic rings. The molecular formula is C17H23ClNO3. The van der Waals surface area contributed by atoms with Crippen LogP contribution in [0.3, 0.4) is 0 Å². The molecule has 22 heavy (non-hydrogen) atoms. The Kier molecular flexibility index (Phi) is 5.35. The van der Waals surface area contributed by atoms with Crippen LogP contribution in [0.2, 0.25) is 5.02 Å². The number of nitrogens with zero attached hydrogens (tertiary/aromatic N) is 1. The molecule has 5 heteroatoms. The number of hydrogen-bond donors (Lipinski definition) is 0. The average molecular weight is 325 g/mol. The number of amides is 1. The van der Waals surface area contributed by atoms with E-state index in [1.54, 1.807) is 7.11 Å². The van der Waals surface area contributed by atoms with E-state index in [1.165, 1.54) is 0 Å². The fraction of sp³-hybridized carbons (Fsp3) is 0.529. The Morgan fingerprint density at radius 3 is 2.77 bits per heavy atom. The monoisotopic (exact) mass is 324 g/mol. The number of morpholine rings is 1. The van der Waals surface area contributed by atoms with E-state index < -0.39 is 0 Å². The number of rotatable bonds is 4. The molecule has 1 amide bonds. The van der Waals surface area contributed by atoms with Crippen molar-refractivity contribution in [1.82, 2.24) is 4.90 Å². The average Bonchev–Trinajstić information content (AvgIpc) is 2.49. The van der Waals surface area contributed by atoms with Crippen molar-refractivity contribution < 1.29 is 14.3 Å². The van der Waals surface area contributed by atoms with Crippen molar-refractivity contribution in [2.24, 2.45) is 0 Å². The highest BCUT2D eigenvalue weighted by Crippen LogP contribution is 2.39. The third kappa shape index (κ3) is 3.08. The van der Waals surface area contributed by atoms with Gasteiger partial charge in [0.15, 0.2) is 0 Å². The van der Waals surface area contributed by atoms with Gasteiger partial charge in [-0.05, 0) is 51.3 Å². The molecule has 1 aliphatic heterocycles. The molecule has 1 saturated heterocycles. The van der Waals surface area contributed by atoms with Gasteiger partial charge in [0.25, 0.3) is 0 Å². The Hall–Kier alpha value is -1.26. The van der Waals surface area contributed by atoms with Crippen molar-refractivity contribution in [3.63, 3.8) is 0 Å². The van der Waals surface area contributed by atoms with Gasteiger partial charge in [-0.2, -0.15) is 0 Å². The van der Waals surface area contributed by atoms with Gasteiger partial charge < -0.3 is 14.4 Å². The minimum absolute atomic E-state index is 0.0160. The number of benzene rings is 1. The first-order chi connectivity index (χ1) is 10.4. The van der Waals surface area contributed by atoms with Crippen molar-refractivity contribution in [3.8, 4) is 5.75 Å². The summed E-state index contributed by atoms with van der Waals surface area (Å²) in [6.07, 6.45) is 0.342. The standard InChI is InChI=1S/C17H23ClNO3/c1-6-12-7-13(18)11(4)16(17(12)21-5)14-8-19(10(2)3)15(20)9-22-14/h7,10,14H,1,6,8-9H2,2-5H3. The minimum atomic E-state index is -0.237. The molecule has 121 valence electrons. The number of carbonyl (C=O) groups is 1. The number of carbonyl (C=O) groups excluding carboxylic acids is 1. The van der Waals surface area contributed by atoms with E-state index in [-0.39, 0.29) is 24.7 Å². The quantitative estimate of drug-likeness (QED) is 0.852. The Bertz CT molecular complexity index is 572. The Balaban J connectivity index is 2.47. The lowest BCUT2D eigenvalue weighted by Crippen LogP contribution is -2.46. The van der Waals surface area contributed by atoms with Crippen LogP contribution in [0.4, 0.5) is 0 Å². The third-order valence-corrected chi connectivity index (χ3v) is 4.50. The largest absolute Gasteiger partial charge is 0.496 e. The van der Waals surface area contributed by atoms with Gasteiger partial charge in [-0.3, -0.25) is 4.79 Å². The van der Waals surface area contributed by atoms with Crippen LogP contribution >= 0.6 is 11.6 Å². The highest BCUT2D eigenvalue weighted by atomic mass is 35.5. The van der Waals surface area contributed by atoms with Crippen molar-refractivity contribution in [3.05, 3.63) is 34.7 Å². The summed E-state index contributed by atoms with van der Waals surface area (Å²) in [5.41, 5.74) is 2.80. The molecule has 0 bridgehead atoms. The van der Waals surface area contributed by atoms with Crippen molar-refractivity contribution >= 4 is 17.5 Å². The Labute approximate surface area is 137 Å².